The van der Waals surface area contributed by atoms with Gasteiger partial charge in [0.25, 0.3) is 0 Å². The van der Waals surface area contributed by atoms with Crippen molar-refractivity contribution in [3.8, 4) is 5.75 Å². The van der Waals surface area contributed by atoms with Crippen LogP contribution in [0.1, 0.15) is 36.8 Å². The molecular formula is C21H23NO2. The lowest BCUT2D eigenvalue weighted by Crippen LogP contribution is -2.21. The Bertz CT molecular complexity index is 688. The molecule has 3 heteroatoms. The molecule has 3 nitrogen and oxygen atoms in total. The number of carbonyl (C=O) groups excluding carboxylic acids is 1. The molecule has 1 saturated carbocycles. The zero-order valence-electron chi connectivity index (χ0n) is 13.8. The van der Waals surface area contributed by atoms with Crippen LogP contribution >= 0.6 is 0 Å². The van der Waals surface area contributed by atoms with Crippen molar-refractivity contribution in [3.05, 3.63) is 71.8 Å². The lowest BCUT2D eigenvalue weighted by molar-refractivity contribution is -0.116. The Labute approximate surface area is 143 Å². The van der Waals surface area contributed by atoms with Crippen LogP contribution in [0, 0.1) is 0 Å². The second-order valence-corrected chi connectivity index (χ2v) is 6.09. The molecule has 0 bridgehead atoms. The highest BCUT2D eigenvalue weighted by atomic mass is 16.5. The van der Waals surface area contributed by atoms with Crippen molar-refractivity contribution in [3.63, 3.8) is 0 Å². The molecule has 3 rings (SSSR count). The Kier molecular flexibility index (Phi) is 5.67. The minimum absolute atomic E-state index is 0.102. The summed E-state index contributed by atoms with van der Waals surface area (Å²) in [5, 5.41) is 2.93. The summed E-state index contributed by atoms with van der Waals surface area (Å²) in [6, 6.07) is 17.7. The van der Waals surface area contributed by atoms with Gasteiger partial charge in [0.05, 0.1) is 6.10 Å². The zero-order chi connectivity index (χ0) is 16.6. The normalized spacial score (nSPS) is 14.8. The van der Waals surface area contributed by atoms with Crippen LogP contribution in [-0.4, -0.2) is 12.0 Å². The van der Waals surface area contributed by atoms with E-state index in [0.29, 0.717) is 12.6 Å². The maximum absolute atomic E-state index is 12.0. The van der Waals surface area contributed by atoms with Crippen LogP contribution in [0.3, 0.4) is 0 Å². The summed E-state index contributed by atoms with van der Waals surface area (Å²) in [7, 11) is 0. The second-order valence-electron chi connectivity index (χ2n) is 6.09. The van der Waals surface area contributed by atoms with Crippen molar-refractivity contribution in [2.24, 2.45) is 0 Å². The fourth-order valence-electron chi connectivity index (χ4n) is 2.93. The number of carbonyl (C=O) groups is 1. The van der Waals surface area contributed by atoms with Gasteiger partial charge in [0.2, 0.25) is 5.91 Å². The summed E-state index contributed by atoms with van der Waals surface area (Å²) in [6.07, 6.45) is 8.44. The van der Waals surface area contributed by atoms with Crippen LogP contribution < -0.4 is 10.1 Å². The lowest BCUT2D eigenvalue weighted by Gasteiger charge is -2.16. The molecule has 1 aliphatic carbocycles. The summed E-state index contributed by atoms with van der Waals surface area (Å²) >= 11 is 0. The second kappa shape index (κ2) is 8.34. The maximum Gasteiger partial charge on any atom is 0.244 e. The first-order chi connectivity index (χ1) is 11.8. The van der Waals surface area contributed by atoms with Crippen LogP contribution in [0.15, 0.2) is 60.7 Å². The highest BCUT2D eigenvalue weighted by molar-refractivity contribution is 5.91. The number of hydrogen-bond acceptors (Lipinski definition) is 2. The van der Waals surface area contributed by atoms with Gasteiger partial charge in [-0.25, -0.2) is 0 Å². The highest BCUT2D eigenvalue weighted by Gasteiger charge is 2.17. The van der Waals surface area contributed by atoms with Crippen LogP contribution in [0.2, 0.25) is 0 Å². The molecule has 1 amide bonds. The van der Waals surface area contributed by atoms with Gasteiger partial charge < -0.3 is 10.1 Å². The molecule has 0 aromatic heterocycles. The third kappa shape index (κ3) is 4.72. The minimum Gasteiger partial charge on any atom is -0.490 e. The van der Waals surface area contributed by atoms with E-state index in [1.54, 1.807) is 6.08 Å². The number of nitrogens with one attached hydrogen (secondary N) is 1. The summed E-state index contributed by atoms with van der Waals surface area (Å²) in [5.41, 5.74) is 2.03. The molecule has 0 aliphatic heterocycles. The standard InChI is InChI=1S/C21H23NO2/c23-21(15-14-17-8-2-1-3-9-17)22-16-18-10-4-7-13-20(18)24-19-11-5-6-12-19/h1-4,7-10,13-15,19H,5-6,11-12,16H2,(H,22,23)/b15-14+. The van der Waals surface area contributed by atoms with E-state index in [0.717, 1.165) is 29.7 Å². The molecular weight excluding hydrogens is 298 g/mol. The lowest BCUT2D eigenvalue weighted by atomic mass is 10.2. The summed E-state index contributed by atoms with van der Waals surface area (Å²) in [6.45, 7) is 0.473. The molecule has 0 heterocycles. The Morgan fingerprint density at radius 2 is 1.75 bits per heavy atom. The first-order valence-electron chi connectivity index (χ1n) is 8.57. The first-order valence-corrected chi connectivity index (χ1v) is 8.57. The van der Waals surface area contributed by atoms with E-state index in [-0.39, 0.29) is 5.91 Å². The fraction of sp³-hybridized carbons (Fsp3) is 0.286. The molecule has 124 valence electrons. The number of ether oxygens (including phenoxy) is 1. The summed E-state index contributed by atoms with van der Waals surface area (Å²) in [5.74, 6) is 0.784. The van der Waals surface area contributed by atoms with Crippen molar-refractivity contribution in [2.45, 2.75) is 38.3 Å². The van der Waals surface area contributed by atoms with Crippen LogP contribution in [0.5, 0.6) is 5.75 Å². The van der Waals surface area contributed by atoms with Gasteiger partial charge in [-0.2, -0.15) is 0 Å². The average Bonchev–Trinajstić information content (AvgIpc) is 3.13. The number of benzene rings is 2. The van der Waals surface area contributed by atoms with Gasteiger partial charge in [0, 0.05) is 18.2 Å². The molecule has 0 saturated heterocycles. The van der Waals surface area contributed by atoms with Crippen molar-refractivity contribution in [1.82, 2.24) is 5.32 Å². The fourth-order valence-corrected chi connectivity index (χ4v) is 2.93. The van der Waals surface area contributed by atoms with E-state index in [2.05, 4.69) is 5.32 Å². The van der Waals surface area contributed by atoms with Crippen LogP contribution in [-0.2, 0) is 11.3 Å². The number of rotatable bonds is 6. The van der Waals surface area contributed by atoms with E-state index in [1.807, 2.05) is 60.7 Å². The maximum atomic E-state index is 12.0. The molecule has 0 atom stereocenters. The van der Waals surface area contributed by atoms with Gasteiger partial charge in [-0.05, 0) is 43.4 Å². The molecule has 1 aliphatic rings. The third-order valence-electron chi connectivity index (χ3n) is 4.25. The Morgan fingerprint density at radius 1 is 1.04 bits per heavy atom. The molecule has 1 N–H and O–H groups in total. The van der Waals surface area contributed by atoms with Crippen molar-refractivity contribution < 1.29 is 9.53 Å². The molecule has 1 fully saturated rings. The van der Waals surface area contributed by atoms with E-state index >= 15 is 0 Å². The van der Waals surface area contributed by atoms with Gasteiger partial charge in [-0.15, -0.1) is 0 Å². The molecule has 24 heavy (non-hydrogen) atoms. The number of hydrogen-bond donors (Lipinski definition) is 1. The SMILES string of the molecule is O=C(/C=C/c1ccccc1)NCc1ccccc1OC1CCCC1. The molecule has 0 radical (unpaired) electrons. The highest BCUT2D eigenvalue weighted by Crippen LogP contribution is 2.26. The number of amides is 1. The predicted octanol–water partition coefficient (Wildman–Crippen LogP) is 4.34. The van der Waals surface area contributed by atoms with Gasteiger partial charge in [0.15, 0.2) is 0 Å². The number of para-hydroxylation sites is 1. The van der Waals surface area contributed by atoms with E-state index in [9.17, 15) is 4.79 Å². The van der Waals surface area contributed by atoms with Crippen molar-refractivity contribution in [1.29, 1.82) is 0 Å². The van der Waals surface area contributed by atoms with Gasteiger partial charge in [0.1, 0.15) is 5.75 Å². The Morgan fingerprint density at radius 3 is 2.54 bits per heavy atom. The topological polar surface area (TPSA) is 38.3 Å². The zero-order valence-corrected chi connectivity index (χ0v) is 13.8. The molecule has 0 unspecified atom stereocenters. The van der Waals surface area contributed by atoms with E-state index in [4.69, 9.17) is 4.74 Å². The van der Waals surface area contributed by atoms with Crippen molar-refractivity contribution in [2.75, 3.05) is 0 Å². The average molecular weight is 321 g/mol. The van der Waals surface area contributed by atoms with E-state index in [1.165, 1.54) is 12.8 Å². The molecule has 2 aromatic carbocycles. The smallest absolute Gasteiger partial charge is 0.244 e. The van der Waals surface area contributed by atoms with Crippen molar-refractivity contribution >= 4 is 12.0 Å². The summed E-state index contributed by atoms with van der Waals surface area (Å²) < 4.78 is 6.10. The Balaban J connectivity index is 1.56. The quantitative estimate of drug-likeness (QED) is 0.804. The van der Waals surface area contributed by atoms with Gasteiger partial charge >= 0.3 is 0 Å². The van der Waals surface area contributed by atoms with Crippen LogP contribution in [0.25, 0.3) is 6.08 Å². The van der Waals surface area contributed by atoms with Gasteiger partial charge in [-0.1, -0.05) is 48.5 Å². The predicted molar refractivity (Wildman–Crippen MR) is 96.6 cm³/mol. The molecule has 0 spiro atoms. The van der Waals surface area contributed by atoms with E-state index < -0.39 is 0 Å². The minimum atomic E-state index is -0.102. The summed E-state index contributed by atoms with van der Waals surface area (Å²) in [4.78, 5) is 12.0. The first kappa shape index (κ1) is 16.3. The third-order valence-corrected chi connectivity index (χ3v) is 4.25. The largest absolute Gasteiger partial charge is 0.490 e. The van der Waals surface area contributed by atoms with Crippen LogP contribution in [0.4, 0.5) is 0 Å². The monoisotopic (exact) mass is 321 g/mol. The van der Waals surface area contributed by atoms with Gasteiger partial charge in [-0.3, -0.25) is 4.79 Å². The molecule has 2 aromatic rings. The Hall–Kier alpha value is -2.55.